The van der Waals surface area contributed by atoms with Gasteiger partial charge in [-0.05, 0) is 12.1 Å². The number of amides is 1. The predicted octanol–water partition coefficient (Wildman–Crippen LogP) is -2.77. The van der Waals surface area contributed by atoms with Crippen molar-refractivity contribution in [3.05, 3.63) is 30.1 Å². The zero-order valence-electron chi connectivity index (χ0n) is 14.0. The molecule has 0 saturated carbocycles. The fraction of sp³-hybridized carbons (Fsp3) is 0.375. The number of benzene rings is 1. The maximum Gasteiger partial charge on any atom is 0.251 e. The van der Waals surface area contributed by atoms with Crippen LogP contribution >= 0.6 is 0 Å². The second-order valence-electron chi connectivity index (χ2n) is 4.94. The first kappa shape index (κ1) is 19.8. The molecule has 2 N–H and O–H groups in total. The Morgan fingerprint density at radius 3 is 2.33 bits per heavy atom. The van der Waals surface area contributed by atoms with Gasteiger partial charge in [-0.25, -0.2) is 4.99 Å². The number of quaternary nitrogens is 1. The fourth-order valence-electron chi connectivity index (χ4n) is 2.28. The van der Waals surface area contributed by atoms with Crippen LogP contribution in [0.3, 0.4) is 0 Å². The molecule has 8 heteroatoms. The third-order valence-electron chi connectivity index (χ3n) is 3.47. The zero-order chi connectivity index (χ0) is 16.7. The highest BCUT2D eigenvalue weighted by atomic mass is 35.5. The van der Waals surface area contributed by atoms with Crippen molar-refractivity contribution in [3.63, 3.8) is 0 Å². The molecule has 1 aromatic carbocycles. The molecular formula is C16H22ClN3O4. The lowest BCUT2D eigenvalue weighted by Gasteiger charge is -2.14. The summed E-state index contributed by atoms with van der Waals surface area (Å²) in [6.45, 7) is 1.47. The number of methoxy groups -OCH3 is 3. The lowest BCUT2D eigenvalue weighted by Crippen LogP contribution is -3.05. The third-order valence-corrected chi connectivity index (χ3v) is 3.47. The van der Waals surface area contributed by atoms with Gasteiger partial charge in [-0.15, -0.1) is 0 Å². The van der Waals surface area contributed by atoms with E-state index in [1.807, 2.05) is 12.5 Å². The Kier molecular flexibility index (Phi) is 8.08. The molecule has 0 radical (unpaired) electrons. The average Bonchev–Trinajstić information content (AvgIpc) is 3.10. The molecule has 7 nitrogen and oxygen atoms in total. The summed E-state index contributed by atoms with van der Waals surface area (Å²) in [5.74, 6) is 1.21. The van der Waals surface area contributed by atoms with Crippen LogP contribution in [0.4, 0.5) is 0 Å². The second kappa shape index (κ2) is 9.79. The lowest BCUT2D eigenvalue weighted by atomic mass is 10.1. The second-order valence-corrected chi connectivity index (χ2v) is 4.94. The molecular weight excluding hydrogens is 334 g/mol. The van der Waals surface area contributed by atoms with Crippen LogP contribution in [0, 0.1) is 0 Å². The molecule has 0 spiro atoms. The Morgan fingerprint density at radius 1 is 1.17 bits per heavy atom. The molecule has 132 valence electrons. The first-order valence-corrected chi connectivity index (χ1v) is 7.33. The summed E-state index contributed by atoms with van der Waals surface area (Å²) in [6.07, 6.45) is 6.42. The molecule has 1 aliphatic heterocycles. The van der Waals surface area contributed by atoms with E-state index in [0.29, 0.717) is 29.4 Å². The molecule has 0 bridgehead atoms. The Balaban J connectivity index is 0.00000288. The highest BCUT2D eigenvalue weighted by Crippen LogP contribution is 2.38. The lowest BCUT2D eigenvalue weighted by molar-refractivity contribution is -0.736. The molecule has 1 heterocycles. The van der Waals surface area contributed by atoms with Gasteiger partial charge in [-0.3, -0.25) is 9.69 Å². The van der Waals surface area contributed by atoms with Crippen molar-refractivity contribution in [3.8, 4) is 17.2 Å². The third kappa shape index (κ3) is 4.87. The maximum absolute atomic E-state index is 12.3. The summed E-state index contributed by atoms with van der Waals surface area (Å²) in [5.41, 5.74) is 0.467. The monoisotopic (exact) mass is 355 g/mol. The maximum atomic E-state index is 12.3. The van der Waals surface area contributed by atoms with E-state index in [4.69, 9.17) is 14.2 Å². The van der Waals surface area contributed by atoms with E-state index in [2.05, 4.69) is 10.3 Å². The number of hydrogen-bond donors (Lipinski definition) is 2. The molecule has 0 aliphatic carbocycles. The van der Waals surface area contributed by atoms with Crippen LogP contribution in [0.15, 0.2) is 29.5 Å². The van der Waals surface area contributed by atoms with E-state index in [1.54, 1.807) is 18.3 Å². The van der Waals surface area contributed by atoms with Gasteiger partial charge in [0.25, 0.3) is 5.91 Å². The van der Waals surface area contributed by atoms with Crippen molar-refractivity contribution in [1.82, 2.24) is 5.32 Å². The molecule has 1 unspecified atom stereocenters. The topological polar surface area (TPSA) is 73.6 Å². The van der Waals surface area contributed by atoms with Crippen molar-refractivity contribution in [1.29, 1.82) is 0 Å². The number of ether oxygens (including phenoxy) is 3. The molecule has 1 amide bonds. The molecule has 0 fully saturated rings. The van der Waals surface area contributed by atoms with Crippen LogP contribution in [0.25, 0.3) is 0 Å². The Hall–Kier alpha value is -2.25. The number of rotatable bonds is 8. The van der Waals surface area contributed by atoms with Crippen LogP contribution < -0.4 is 36.8 Å². The van der Waals surface area contributed by atoms with Crippen LogP contribution in [0.1, 0.15) is 16.8 Å². The van der Waals surface area contributed by atoms with Crippen LogP contribution in [0.2, 0.25) is 0 Å². The van der Waals surface area contributed by atoms with E-state index in [9.17, 15) is 4.79 Å². The highest BCUT2D eigenvalue weighted by molar-refractivity contribution is 5.95. The summed E-state index contributed by atoms with van der Waals surface area (Å²) < 4.78 is 15.7. The largest absolute Gasteiger partial charge is 1.00 e. The minimum Gasteiger partial charge on any atom is -1.00 e. The number of aliphatic imine (C=N–C) groups is 1. The van der Waals surface area contributed by atoms with Gasteiger partial charge in [0, 0.05) is 18.5 Å². The van der Waals surface area contributed by atoms with Crippen molar-refractivity contribution in [2.75, 3.05) is 34.4 Å². The van der Waals surface area contributed by atoms with E-state index >= 15 is 0 Å². The number of carbonyl (C=O) groups excluding carboxylic acids is 1. The van der Waals surface area contributed by atoms with Crippen molar-refractivity contribution in [2.24, 2.45) is 4.99 Å². The quantitative estimate of drug-likeness (QED) is 0.495. The van der Waals surface area contributed by atoms with E-state index in [-0.39, 0.29) is 18.3 Å². The van der Waals surface area contributed by atoms with Gasteiger partial charge in [0.05, 0.1) is 34.1 Å². The average molecular weight is 356 g/mol. The van der Waals surface area contributed by atoms with Crippen molar-refractivity contribution >= 4 is 12.2 Å². The summed E-state index contributed by atoms with van der Waals surface area (Å²) in [6, 6.07) is 3.27. The van der Waals surface area contributed by atoms with Crippen molar-refractivity contribution in [2.45, 2.75) is 6.42 Å². The number of halogens is 1. The van der Waals surface area contributed by atoms with Gasteiger partial charge < -0.3 is 31.9 Å². The first-order valence-electron chi connectivity index (χ1n) is 7.33. The number of nitrogens with one attached hydrogen (secondary N) is 2. The fourth-order valence-corrected chi connectivity index (χ4v) is 2.28. The van der Waals surface area contributed by atoms with Gasteiger partial charge in [-0.2, -0.15) is 0 Å². The SMILES string of the molecule is COc1cc(C(=O)NCCC[NH+]2C=CN=C2)cc(OC)c1OC.[Cl-]. The van der Waals surface area contributed by atoms with E-state index in [1.165, 1.54) is 26.2 Å². The highest BCUT2D eigenvalue weighted by Gasteiger charge is 2.16. The summed E-state index contributed by atoms with van der Waals surface area (Å²) in [7, 11) is 4.57. The molecule has 0 aromatic heterocycles. The molecule has 0 saturated heterocycles. The van der Waals surface area contributed by atoms with Crippen LogP contribution in [-0.2, 0) is 0 Å². The summed E-state index contributed by atoms with van der Waals surface area (Å²) in [5, 5.41) is 2.89. The van der Waals surface area contributed by atoms with Gasteiger partial charge in [0.15, 0.2) is 17.8 Å². The summed E-state index contributed by atoms with van der Waals surface area (Å²) in [4.78, 5) is 17.5. The van der Waals surface area contributed by atoms with Gasteiger partial charge in [0.1, 0.15) is 6.20 Å². The molecule has 2 rings (SSSR count). The Morgan fingerprint density at radius 2 is 1.83 bits per heavy atom. The van der Waals surface area contributed by atoms with Crippen molar-refractivity contribution < 1.29 is 36.3 Å². The van der Waals surface area contributed by atoms with E-state index in [0.717, 1.165) is 13.0 Å². The number of nitrogens with zero attached hydrogens (tertiary/aromatic N) is 1. The predicted molar refractivity (Wildman–Crippen MR) is 86.5 cm³/mol. The van der Waals surface area contributed by atoms with Crippen LogP contribution in [-0.4, -0.2) is 46.7 Å². The first-order chi connectivity index (χ1) is 11.2. The van der Waals surface area contributed by atoms with Gasteiger partial charge in [0.2, 0.25) is 5.75 Å². The van der Waals surface area contributed by atoms with E-state index < -0.39 is 0 Å². The summed E-state index contributed by atoms with van der Waals surface area (Å²) >= 11 is 0. The molecule has 1 aromatic rings. The zero-order valence-corrected chi connectivity index (χ0v) is 14.7. The minimum absolute atomic E-state index is 0. The van der Waals surface area contributed by atoms with Crippen LogP contribution in [0.5, 0.6) is 17.2 Å². The van der Waals surface area contributed by atoms with Gasteiger partial charge >= 0.3 is 0 Å². The Labute approximate surface area is 147 Å². The molecule has 24 heavy (non-hydrogen) atoms. The standard InChI is InChI=1S/C16H21N3O4.ClH/c1-21-13-9-12(10-14(22-2)15(13)23-3)16(20)18-5-4-7-19-8-6-17-11-19;/h6,8-11H,4-5,7H2,1-3H3,(H,18,20);1H. The van der Waals surface area contributed by atoms with Gasteiger partial charge in [-0.1, -0.05) is 0 Å². The minimum atomic E-state index is -0.176. The Bertz CT molecular complexity index is 582. The molecule has 1 atom stereocenters. The normalized spacial score (nSPS) is 14.9. The number of hydrogen-bond acceptors (Lipinski definition) is 5. The molecule has 1 aliphatic rings. The number of carbonyl (C=O) groups is 1. The smallest absolute Gasteiger partial charge is 0.251 e.